The number of benzene rings is 1. The first-order valence-corrected chi connectivity index (χ1v) is 7.35. The van der Waals surface area contributed by atoms with Gasteiger partial charge in [0.25, 0.3) is 0 Å². The van der Waals surface area contributed by atoms with Crippen LogP contribution in [0.3, 0.4) is 0 Å². The Morgan fingerprint density at radius 1 is 1.26 bits per heavy atom. The van der Waals surface area contributed by atoms with Crippen LogP contribution in [-0.2, 0) is 11.2 Å². The topological polar surface area (TPSA) is 29.1 Å². The van der Waals surface area contributed by atoms with Crippen molar-refractivity contribution in [1.29, 1.82) is 0 Å². The van der Waals surface area contributed by atoms with E-state index in [-0.39, 0.29) is 0 Å². The Labute approximate surface area is 116 Å². The lowest BCUT2D eigenvalue weighted by Crippen LogP contribution is -2.12. The van der Waals surface area contributed by atoms with Crippen molar-refractivity contribution in [1.82, 2.24) is 5.32 Å². The first-order chi connectivity index (χ1) is 9.06. The van der Waals surface area contributed by atoms with Crippen molar-refractivity contribution in [3.63, 3.8) is 0 Å². The molecule has 1 aliphatic heterocycles. The molecule has 1 atom stereocenters. The summed E-state index contributed by atoms with van der Waals surface area (Å²) in [6, 6.07) is 4.35. The zero-order valence-electron chi connectivity index (χ0n) is 12.4. The monoisotopic (exact) mass is 259 g/mol. The average Bonchev–Trinajstić information content (AvgIpc) is 2.84. The van der Waals surface area contributed by atoms with Crippen molar-refractivity contribution in [3.05, 3.63) is 34.4 Å². The number of hydrogen-bond donors (Lipinski definition) is 1. The van der Waals surface area contributed by atoms with Gasteiger partial charge in [-0.15, -0.1) is 0 Å². The number of hydrogen-bond acceptors (Lipinski definition) is 2. The minimum absolute atomic E-state index is 0.391. The number of rotatable bonds is 5. The molecule has 0 saturated carbocycles. The molecule has 1 fully saturated rings. The van der Waals surface area contributed by atoms with E-state index in [0.29, 0.717) is 18.1 Å². The van der Waals surface area contributed by atoms with Crippen LogP contribution in [0.1, 0.15) is 41.5 Å². The second-order valence-corrected chi connectivity index (χ2v) is 5.99. The Balaban J connectivity index is 1.91. The summed E-state index contributed by atoms with van der Waals surface area (Å²) >= 11 is 0. The minimum atomic E-state index is 0.391. The summed E-state index contributed by atoms with van der Waals surface area (Å²) in [6.07, 6.45) is 3.63. The van der Waals surface area contributed by atoms with Crippen LogP contribution in [0, 0.1) is 26.7 Å². The number of Topliss-reactive ketones (excluding diaryl/α,β-unsaturated/α-hetero) is 1. The number of nitrogens with one attached hydrogen (secondary N) is 1. The van der Waals surface area contributed by atoms with E-state index in [1.165, 1.54) is 28.7 Å². The first-order valence-electron chi connectivity index (χ1n) is 7.35. The molecule has 0 amide bonds. The van der Waals surface area contributed by atoms with Gasteiger partial charge in [-0.25, -0.2) is 0 Å². The van der Waals surface area contributed by atoms with Crippen molar-refractivity contribution < 1.29 is 4.79 Å². The smallest absolute Gasteiger partial charge is 0.137 e. The molecule has 2 nitrogen and oxygen atoms in total. The predicted molar refractivity (Wildman–Crippen MR) is 79.6 cm³/mol. The molecule has 1 heterocycles. The van der Waals surface area contributed by atoms with E-state index >= 15 is 0 Å². The molecule has 2 heteroatoms. The first kappa shape index (κ1) is 14.3. The third-order valence-corrected chi connectivity index (χ3v) is 4.21. The maximum absolute atomic E-state index is 12.1. The molecule has 0 radical (unpaired) electrons. The molecule has 1 aliphatic rings. The number of carbonyl (C=O) groups excluding carboxylic acids is 1. The second-order valence-electron chi connectivity index (χ2n) is 5.99. The van der Waals surface area contributed by atoms with Gasteiger partial charge in [-0.3, -0.25) is 4.79 Å². The highest BCUT2D eigenvalue weighted by atomic mass is 16.1. The van der Waals surface area contributed by atoms with Crippen LogP contribution >= 0.6 is 0 Å². The summed E-state index contributed by atoms with van der Waals surface area (Å²) in [4.78, 5) is 12.1. The lowest BCUT2D eigenvalue weighted by molar-refractivity contribution is -0.118. The standard InChI is InChI=1S/C17H25NO/c1-12-8-13(2)17(14(3)9-12)10-16(19)5-4-15-6-7-18-11-15/h8-9,15,18H,4-7,10-11H2,1-3H3. The number of ketones is 1. The third-order valence-electron chi connectivity index (χ3n) is 4.21. The molecule has 0 aromatic heterocycles. The fraction of sp³-hybridized carbons (Fsp3) is 0.588. The van der Waals surface area contributed by atoms with Gasteiger partial charge in [0.15, 0.2) is 0 Å². The van der Waals surface area contributed by atoms with Crippen molar-refractivity contribution in [2.45, 2.75) is 46.5 Å². The highest BCUT2D eigenvalue weighted by Gasteiger charge is 2.16. The van der Waals surface area contributed by atoms with Gasteiger partial charge < -0.3 is 5.32 Å². The zero-order chi connectivity index (χ0) is 13.8. The predicted octanol–water partition coefficient (Wildman–Crippen LogP) is 3.11. The molecule has 0 spiro atoms. The van der Waals surface area contributed by atoms with Gasteiger partial charge in [0.1, 0.15) is 5.78 Å². The molecular formula is C17H25NO. The van der Waals surface area contributed by atoms with Crippen molar-refractivity contribution in [3.8, 4) is 0 Å². The summed E-state index contributed by atoms with van der Waals surface area (Å²) in [7, 11) is 0. The van der Waals surface area contributed by atoms with Gasteiger partial charge in [0.05, 0.1) is 0 Å². The average molecular weight is 259 g/mol. The minimum Gasteiger partial charge on any atom is -0.316 e. The third kappa shape index (κ3) is 3.90. The largest absolute Gasteiger partial charge is 0.316 e. The molecular weight excluding hydrogens is 234 g/mol. The zero-order valence-corrected chi connectivity index (χ0v) is 12.4. The Bertz CT molecular complexity index is 435. The summed E-state index contributed by atoms with van der Waals surface area (Å²) < 4.78 is 0. The molecule has 1 N–H and O–H groups in total. The number of aryl methyl sites for hydroxylation is 3. The Hall–Kier alpha value is -1.15. The fourth-order valence-electron chi connectivity index (χ4n) is 3.10. The quantitative estimate of drug-likeness (QED) is 0.880. The van der Waals surface area contributed by atoms with Crippen LogP contribution in [0.4, 0.5) is 0 Å². The van der Waals surface area contributed by atoms with Gasteiger partial charge in [-0.1, -0.05) is 17.7 Å². The molecule has 104 valence electrons. The van der Waals surface area contributed by atoms with E-state index in [9.17, 15) is 4.79 Å². The molecule has 0 bridgehead atoms. The van der Waals surface area contributed by atoms with Crippen molar-refractivity contribution in [2.24, 2.45) is 5.92 Å². The summed E-state index contributed by atoms with van der Waals surface area (Å²) in [5.74, 6) is 1.10. The Morgan fingerprint density at radius 2 is 1.95 bits per heavy atom. The molecule has 19 heavy (non-hydrogen) atoms. The molecule has 0 aliphatic carbocycles. The number of carbonyl (C=O) groups is 1. The van der Waals surface area contributed by atoms with Gasteiger partial charge in [-0.05, 0) is 69.3 Å². The Kier molecular flexibility index (Phi) is 4.76. The second kappa shape index (κ2) is 6.33. The van der Waals surface area contributed by atoms with E-state index in [0.717, 1.165) is 25.9 Å². The molecule has 1 saturated heterocycles. The van der Waals surface area contributed by atoms with E-state index in [2.05, 4.69) is 38.2 Å². The van der Waals surface area contributed by atoms with Crippen LogP contribution in [-0.4, -0.2) is 18.9 Å². The molecule has 1 aromatic rings. The summed E-state index contributed by atoms with van der Waals surface area (Å²) in [5.41, 5.74) is 5.03. The summed E-state index contributed by atoms with van der Waals surface area (Å²) in [5, 5.41) is 3.36. The maximum atomic E-state index is 12.1. The van der Waals surface area contributed by atoms with Crippen LogP contribution in [0.15, 0.2) is 12.1 Å². The molecule has 2 rings (SSSR count). The van der Waals surface area contributed by atoms with E-state index in [1.54, 1.807) is 0 Å². The normalized spacial score (nSPS) is 18.8. The highest BCUT2D eigenvalue weighted by molar-refractivity contribution is 5.81. The van der Waals surface area contributed by atoms with E-state index in [1.807, 2.05) is 0 Å². The van der Waals surface area contributed by atoms with Crippen LogP contribution in [0.25, 0.3) is 0 Å². The van der Waals surface area contributed by atoms with E-state index < -0.39 is 0 Å². The van der Waals surface area contributed by atoms with Gasteiger partial charge >= 0.3 is 0 Å². The summed E-state index contributed by atoms with van der Waals surface area (Å²) in [6.45, 7) is 8.55. The Morgan fingerprint density at radius 3 is 2.53 bits per heavy atom. The lowest BCUT2D eigenvalue weighted by atomic mass is 9.93. The fourth-order valence-corrected chi connectivity index (χ4v) is 3.10. The molecule has 1 aromatic carbocycles. The van der Waals surface area contributed by atoms with Crippen LogP contribution in [0.2, 0.25) is 0 Å². The van der Waals surface area contributed by atoms with Gasteiger partial charge in [0.2, 0.25) is 0 Å². The van der Waals surface area contributed by atoms with E-state index in [4.69, 9.17) is 0 Å². The highest BCUT2D eigenvalue weighted by Crippen LogP contribution is 2.19. The maximum Gasteiger partial charge on any atom is 0.137 e. The van der Waals surface area contributed by atoms with Gasteiger partial charge in [0, 0.05) is 12.8 Å². The lowest BCUT2D eigenvalue weighted by Gasteiger charge is -2.12. The van der Waals surface area contributed by atoms with Crippen molar-refractivity contribution in [2.75, 3.05) is 13.1 Å². The van der Waals surface area contributed by atoms with Crippen LogP contribution < -0.4 is 5.32 Å². The van der Waals surface area contributed by atoms with Gasteiger partial charge in [-0.2, -0.15) is 0 Å². The molecule has 1 unspecified atom stereocenters. The van der Waals surface area contributed by atoms with Crippen LogP contribution in [0.5, 0.6) is 0 Å². The van der Waals surface area contributed by atoms with Crippen molar-refractivity contribution >= 4 is 5.78 Å². The SMILES string of the molecule is Cc1cc(C)c(CC(=O)CCC2CCNC2)c(C)c1.